The quantitative estimate of drug-likeness (QED) is 0.159. The highest BCUT2D eigenvalue weighted by Crippen LogP contribution is 2.31. The molecule has 7 nitrogen and oxygen atoms in total. The standard InChI is InChI=1S/C34H34Cl3N3O4S/c1-3-24(2)38-34(42)32(21-25-12-6-4-7-13-25)39(22-26-18-19-28(35)30(37)20-26)33(41)23-40(31-17-11-10-16-29(31)36)45(43,44)27-14-8-5-9-15-27/h4-20,24,32H,3,21-23H2,1-2H3,(H,38,42)/t24-,32+/m1/s1. The van der Waals surface area contributed by atoms with Crippen LogP contribution in [0.4, 0.5) is 5.69 Å². The summed E-state index contributed by atoms with van der Waals surface area (Å²) in [6.45, 7) is 3.17. The molecule has 0 spiro atoms. The van der Waals surface area contributed by atoms with Crippen LogP contribution in [0.1, 0.15) is 31.4 Å². The van der Waals surface area contributed by atoms with Crippen molar-refractivity contribution < 1.29 is 18.0 Å². The van der Waals surface area contributed by atoms with Crippen molar-refractivity contribution in [1.82, 2.24) is 10.2 Å². The summed E-state index contributed by atoms with van der Waals surface area (Å²) in [6, 6.07) is 27.4. The van der Waals surface area contributed by atoms with Gasteiger partial charge in [0.2, 0.25) is 11.8 Å². The van der Waals surface area contributed by atoms with Gasteiger partial charge in [0, 0.05) is 19.0 Å². The number of benzene rings is 4. The normalized spacial score (nSPS) is 12.6. The SMILES string of the molecule is CC[C@@H](C)NC(=O)[C@H](Cc1ccccc1)N(Cc1ccc(Cl)c(Cl)c1)C(=O)CN(c1ccccc1Cl)S(=O)(=O)c1ccccc1. The average molecular weight is 687 g/mol. The van der Waals surface area contributed by atoms with Crippen LogP contribution >= 0.6 is 34.8 Å². The largest absolute Gasteiger partial charge is 0.352 e. The van der Waals surface area contributed by atoms with Crippen LogP contribution in [0.15, 0.2) is 108 Å². The number of carbonyl (C=O) groups is 2. The number of carbonyl (C=O) groups excluding carboxylic acids is 2. The van der Waals surface area contributed by atoms with E-state index in [9.17, 15) is 18.0 Å². The maximum Gasteiger partial charge on any atom is 0.264 e. The molecule has 1 N–H and O–H groups in total. The molecule has 2 atom stereocenters. The predicted molar refractivity (Wildman–Crippen MR) is 181 cm³/mol. The van der Waals surface area contributed by atoms with Gasteiger partial charge in [0.25, 0.3) is 10.0 Å². The molecule has 45 heavy (non-hydrogen) atoms. The van der Waals surface area contributed by atoms with Gasteiger partial charge in [0.05, 0.1) is 25.7 Å². The van der Waals surface area contributed by atoms with Crippen LogP contribution in [-0.4, -0.2) is 43.8 Å². The van der Waals surface area contributed by atoms with E-state index in [1.54, 1.807) is 54.6 Å². The molecule has 0 aliphatic carbocycles. The first kappa shape index (κ1) is 34.3. The number of sulfonamides is 1. The minimum absolute atomic E-state index is 0.0101. The molecule has 0 aromatic heterocycles. The number of anilines is 1. The van der Waals surface area contributed by atoms with Gasteiger partial charge < -0.3 is 10.2 Å². The summed E-state index contributed by atoms with van der Waals surface area (Å²) in [5.74, 6) is -0.974. The molecule has 4 aromatic carbocycles. The Bertz CT molecular complexity index is 1720. The molecule has 0 heterocycles. The highest BCUT2D eigenvalue weighted by atomic mass is 35.5. The van der Waals surface area contributed by atoms with E-state index in [-0.39, 0.29) is 45.5 Å². The van der Waals surface area contributed by atoms with E-state index < -0.39 is 28.5 Å². The molecule has 0 aliphatic heterocycles. The van der Waals surface area contributed by atoms with Gasteiger partial charge in [0.1, 0.15) is 12.6 Å². The zero-order valence-electron chi connectivity index (χ0n) is 24.9. The fourth-order valence-corrected chi connectivity index (χ4v) is 6.78. The third kappa shape index (κ3) is 8.79. The van der Waals surface area contributed by atoms with Gasteiger partial charge in [0.15, 0.2) is 0 Å². The van der Waals surface area contributed by atoms with Crippen LogP contribution in [0.3, 0.4) is 0 Å². The van der Waals surface area contributed by atoms with E-state index in [1.807, 2.05) is 44.2 Å². The summed E-state index contributed by atoms with van der Waals surface area (Å²) >= 11 is 19.0. The van der Waals surface area contributed by atoms with Crippen LogP contribution in [0.2, 0.25) is 15.1 Å². The number of amides is 2. The van der Waals surface area contributed by atoms with Gasteiger partial charge in [-0.1, -0.05) is 108 Å². The molecule has 0 aliphatic rings. The van der Waals surface area contributed by atoms with Crippen molar-refractivity contribution in [2.45, 2.75) is 50.2 Å². The number of hydrogen-bond acceptors (Lipinski definition) is 4. The second-order valence-electron chi connectivity index (χ2n) is 10.6. The van der Waals surface area contributed by atoms with E-state index in [4.69, 9.17) is 34.8 Å². The summed E-state index contributed by atoms with van der Waals surface area (Å²) in [5.41, 5.74) is 1.57. The Morgan fingerprint density at radius 3 is 2.02 bits per heavy atom. The second kappa shape index (κ2) is 15.6. The van der Waals surface area contributed by atoms with Crippen molar-refractivity contribution in [3.63, 3.8) is 0 Å². The average Bonchev–Trinajstić information content (AvgIpc) is 3.04. The number of nitrogens with one attached hydrogen (secondary N) is 1. The molecule has 0 saturated heterocycles. The highest BCUT2D eigenvalue weighted by molar-refractivity contribution is 7.92. The smallest absolute Gasteiger partial charge is 0.264 e. The van der Waals surface area contributed by atoms with Gasteiger partial charge >= 0.3 is 0 Å². The zero-order chi connectivity index (χ0) is 32.6. The van der Waals surface area contributed by atoms with Crippen LogP contribution in [0.5, 0.6) is 0 Å². The highest BCUT2D eigenvalue weighted by Gasteiger charge is 2.35. The Kier molecular flexibility index (Phi) is 11.9. The molecule has 0 unspecified atom stereocenters. The fourth-order valence-electron chi connectivity index (χ4n) is 4.72. The van der Waals surface area contributed by atoms with E-state index in [2.05, 4.69) is 5.32 Å². The van der Waals surface area contributed by atoms with Crippen molar-refractivity contribution in [2.75, 3.05) is 10.8 Å². The molecule has 0 radical (unpaired) electrons. The van der Waals surface area contributed by atoms with Crippen molar-refractivity contribution in [1.29, 1.82) is 0 Å². The Hall–Kier alpha value is -3.56. The third-order valence-corrected chi connectivity index (χ3v) is 10.2. The monoisotopic (exact) mass is 685 g/mol. The van der Waals surface area contributed by atoms with Crippen LogP contribution in [0, 0.1) is 0 Å². The molecule has 236 valence electrons. The van der Waals surface area contributed by atoms with E-state index >= 15 is 0 Å². The molecule has 11 heteroatoms. The minimum atomic E-state index is -4.26. The topological polar surface area (TPSA) is 86.8 Å². The van der Waals surface area contributed by atoms with Gasteiger partial charge in [-0.05, 0) is 60.9 Å². The van der Waals surface area contributed by atoms with Crippen LogP contribution < -0.4 is 9.62 Å². The Balaban J connectivity index is 1.82. The minimum Gasteiger partial charge on any atom is -0.352 e. The van der Waals surface area contributed by atoms with Crippen molar-refractivity contribution in [2.24, 2.45) is 0 Å². The molecule has 4 rings (SSSR count). The molecule has 0 bridgehead atoms. The van der Waals surface area contributed by atoms with Crippen molar-refractivity contribution in [3.8, 4) is 0 Å². The zero-order valence-corrected chi connectivity index (χ0v) is 28.0. The molecule has 4 aromatic rings. The summed E-state index contributed by atoms with van der Waals surface area (Å²) in [7, 11) is -4.26. The van der Waals surface area contributed by atoms with Gasteiger partial charge in [-0.15, -0.1) is 0 Å². The lowest BCUT2D eigenvalue weighted by Gasteiger charge is -2.34. The van der Waals surface area contributed by atoms with Crippen molar-refractivity contribution >= 4 is 62.3 Å². The Morgan fingerprint density at radius 2 is 1.40 bits per heavy atom. The first-order valence-electron chi connectivity index (χ1n) is 14.4. The first-order chi connectivity index (χ1) is 21.5. The first-order valence-corrected chi connectivity index (χ1v) is 17.0. The molecule has 0 saturated carbocycles. The fraction of sp³-hybridized carbons (Fsp3) is 0.235. The Labute approximate surface area is 279 Å². The van der Waals surface area contributed by atoms with E-state index in [0.29, 0.717) is 17.0 Å². The molecular weight excluding hydrogens is 653 g/mol. The van der Waals surface area contributed by atoms with Crippen LogP contribution in [0.25, 0.3) is 0 Å². The summed E-state index contributed by atoms with van der Waals surface area (Å²) in [4.78, 5) is 29.8. The number of hydrogen-bond donors (Lipinski definition) is 1. The maximum absolute atomic E-state index is 14.5. The van der Waals surface area contributed by atoms with Gasteiger partial charge in [-0.3, -0.25) is 13.9 Å². The number of rotatable bonds is 13. The van der Waals surface area contributed by atoms with Crippen LogP contribution in [-0.2, 0) is 32.6 Å². The van der Waals surface area contributed by atoms with Gasteiger partial charge in [-0.2, -0.15) is 0 Å². The number of para-hydroxylation sites is 1. The summed E-state index contributed by atoms with van der Waals surface area (Å²) < 4.78 is 29.1. The molecule has 2 amide bonds. The summed E-state index contributed by atoms with van der Waals surface area (Å²) in [6.07, 6.45) is 0.869. The number of nitrogens with zero attached hydrogens (tertiary/aromatic N) is 2. The Morgan fingerprint density at radius 1 is 0.778 bits per heavy atom. The number of halogens is 3. The van der Waals surface area contributed by atoms with Gasteiger partial charge in [-0.25, -0.2) is 8.42 Å². The van der Waals surface area contributed by atoms with E-state index in [1.165, 1.54) is 23.1 Å². The van der Waals surface area contributed by atoms with Crippen molar-refractivity contribution in [3.05, 3.63) is 129 Å². The maximum atomic E-state index is 14.5. The lowest BCUT2D eigenvalue weighted by atomic mass is 10.0. The second-order valence-corrected chi connectivity index (χ2v) is 13.7. The third-order valence-electron chi connectivity index (χ3n) is 7.34. The molecular formula is C34H34Cl3N3O4S. The predicted octanol–water partition coefficient (Wildman–Crippen LogP) is 7.40. The lowest BCUT2D eigenvalue weighted by Crippen LogP contribution is -2.54. The summed E-state index contributed by atoms with van der Waals surface area (Å²) in [5, 5.41) is 3.78. The van der Waals surface area contributed by atoms with E-state index in [0.717, 1.165) is 9.87 Å². The molecule has 0 fully saturated rings. The lowest BCUT2D eigenvalue weighted by molar-refractivity contribution is -0.140.